The van der Waals surface area contributed by atoms with Crippen LogP contribution in [0.5, 0.6) is 0 Å². The minimum absolute atomic E-state index is 0.103. The lowest BCUT2D eigenvalue weighted by molar-refractivity contribution is -0.138. The monoisotopic (exact) mass is 512 g/mol. The van der Waals surface area contributed by atoms with Gasteiger partial charge in [-0.1, -0.05) is 65.8 Å². The van der Waals surface area contributed by atoms with Crippen LogP contribution in [0.3, 0.4) is 0 Å². The third-order valence-corrected chi connectivity index (χ3v) is 7.40. The second-order valence-corrected chi connectivity index (χ2v) is 10.3. The average molecular weight is 514 g/mol. The van der Waals surface area contributed by atoms with Gasteiger partial charge in [-0.3, -0.25) is 9.59 Å². The van der Waals surface area contributed by atoms with Crippen molar-refractivity contribution in [1.82, 2.24) is 10.2 Å². The minimum atomic E-state index is -0.582. The first-order valence-corrected chi connectivity index (χ1v) is 13.0. The van der Waals surface area contributed by atoms with E-state index in [9.17, 15) is 9.59 Å². The standard InChI is InChI=1S/C24H27Cl3N2O2S/c1-16(24(31)28-21-7-2-3-8-21)29(13-17-5-4-6-19(25)11-17)23(30)15-32-14-18-9-10-20(26)12-22(18)27/h4-6,9-12,16,21H,2-3,7-8,13-15H2,1H3,(H,28,31)/t16-/m1/s1. The van der Waals surface area contributed by atoms with E-state index in [1.807, 2.05) is 24.3 Å². The molecule has 2 aromatic rings. The second kappa shape index (κ2) is 12.2. The van der Waals surface area contributed by atoms with Crippen LogP contribution >= 0.6 is 46.6 Å². The van der Waals surface area contributed by atoms with Gasteiger partial charge < -0.3 is 10.2 Å². The Morgan fingerprint density at radius 3 is 2.50 bits per heavy atom. The fraction of sp³-hybridized carbons (Fsp3) is 0.417. The highest BCUT2D eigenvalue weighted by molar-refractivity contribution is 7.99. The molecule has 0 bridgehead atoms. The molecular formula is C24H27Cl3N2O2S. The van der Waals surface area contributed by atoms with Gasteiger partial charge in [0.1, 0.15) is 6.04 Å². The fourth-order valence-electron chi connectivity index (χ4n) is 3.78. The normalized spacial score (nSPS) is 14.9. The Kier molecular flexibility index (Phi) is 9.60. The molecule has 4 nitrogen and oxygen atoms in total. The summed E-state index contributed by atoms with van der Waals surface area (Å²) >= 11 is 19.8. The smallest absolute Gasteiger partial charge is 0.242 e. The van der Waals surface area contributed by atoms with E-state index in [4.69, 9.17) is 34.8 Å². The summed E-state index contributed by atoms with van der Waals surface area (Å²) in [6.45, 7) is 2.11. The average Bonchev–Trinajstić information content (AvgIpc) is 3.26. The third-order valence-electron chi connectivity index (χ3n) is 5.61. The molecule has 172 valence electrons. The number of carbonyl (C=O) groups is 2. The molecule has 8 heteroatoms. The van der Waals surface area contributed by atoms with E-state index in [1.165, 1.54) is 11.8 Å². The maximum atomic E-state index is 13.2. The van der Waals surface area contributed by atoms with Crippen molar-refractivity contribution in [1.29, 1.82) is 0 Å². The van der Waals surface area contributed by atoms with Crippen LogP contribution in [0.4, 0.5) is 0 Å². The van der Waals surface area contributed by atoms with Crippen LogP contribution < -0.4 is 5.32 Å². The van der Waals surface area contributed by atoms with Crippen LogP contribution in [0.15, 0.2) is 42.5 Å². The van der Waals surface area contributed by atoms with Gasteiger partial charge in [0.2, 0.25) is 11.8 Å². The maximum Gasteiger partial charge on any atom is 0.242 e. The van der Waals surface area contributed by atoms with Crippen LogP contribution in [-0.4, -0.2) is 34.6 Å². The number of hydrogen-bond donors (Lipinski definition) is 1. The number of carbonyl (C=O) groups excluding carboxylic acids is 2. The van der Waals surface area contributed by atoms with Gasteiger partial charge in [-0.25, -0.2) is 0 Å². The predicted octanol–water partition coefficient (Wildman–Crippen LogP) is 6.36. The van der Waals surface area contributed by atoms with Crippen LogP contribution in [0, 0.1) is 0 Å². The molecule has 1 aliphatic rings. The third kappa shape index (κ3) is 7.31. The lowest BCUT2D eigenvalue weighted by atomic mass is 10.1. The van der Waals surface area contributed by atoms with Gasteiger partial charge in [0.15, 0.2) is 0 Å². The zero-order valence-corrected chi connectivity index (χ0v) is 21.0. The molecule has 1 atom stereocenters. The molecule has 0 aliphatic heterocycles. The van der Waals surface area contributed by atoms with E-state index in [0.29, 0.717) is 27.4 Å². The van der Waals surface area contributed by atoms with E-state index in [2.05, 4.69) is 5.32 Å². The van der Waals surface area contributed by atoms with Crippen molar-refractivity contribution in [2.75, 3.05) is 5.75 Å². The van der Waals surface area contributed by atoms with E-state index in [1.54, 1.807) is 30.0 Å². The van der Waals surface area contributed by atoms with Crippen molar-refractivity contribution in [3.05, 3.63) is 68.7 Å². The molecule has 2 aromatic carbocycles. The second-order valence-electron chi connectivity index (χ2n) is 8.05. The molecule has 0 spiro atoms. The molecular weight excluding hydrogens is 487 g/mol. The molecule has 1 aliphatic carbocycles. The first-order valence-electron chi connectivity index (χ1n) is 10.7. The number of nitrogens with one attached hydrogen (secondary N) is 1. The van der Waals surface area contributed by atoms with Gasteiger partial charge in [-0.05, 0) is 55.2 Å². The van der Waals surface area contributed by atoms with Crippen LogP contribution in [0.25, 0.3) is 0 Å². The summed E-state index contributed by atoms with van der Waals surface area (Å²) < 4.78 is 0. The Morgan fingerprint density at radius 1 is 1.09 bits per heavy atom. The van der Waals surface area contributed by atoms with Crippen molar-refractivity contribution < 1.29 is 9.59 Å². The molecule has 0 saturated heterocycles. The van der Waals surface area contributed by atoms with Crippen LogP contribution in [0.1, 0.15) is 43.7 Å². The van der Waals surface area contributed by atoms with Crippen molar-refractivity contribution in [3.8, 4) is 0 Å². The van der Waals surface area contributed by atoms with Crippen molar-refractivity contribution in [2.24, 2.45) is 0 Å². The minimum Gasteiger partial charge on any atom is -0.352 e. The topological polar surface area (TPSA) is 49.4 Å². The van der Waals surface area contributed by atoms with Gasteiger partial charge in [-0.2, -0.15) is 0 Å². The Hall–Kier alpha value is -1.40. The molecule has 0 aromatic heterocycles. The number of benzene rings is 2. The highest BCUT2D eigenvalue weighted by Crippen LogP contribution is 2.25. The zero-order chi connectivity index (χ0) is 23.1. The summed E-state index contributed by atoms with van der Waals surface area (Å²) in [6.07, 6.45) is 4.26. The van der Waals surface area contributed by atoms with Crippen LogP contribution in [-0.2, 0) is 21.9 Å². The van der Waals surface area contributed by atoms with Crippen molar-refractivity contribution in [2.45, 2.75) is 57.0 Å². The number of hydrogen-bond acceptors (Lipinski definition) is 3. The maximum absolute atomic E-state index is 13.2. The van der Waals surface area contributed by atoms with Gasteiger partial charge in [0, 0.05) is 33.4 Å². The van der Waals surface area contributed by atoms with Crippen LogP contribution in [0.2, 0.25) is 15.1 Å². The molecule has 2 amide bonds. The van der Waals surface area contributed by atoms with E-state index in [-0.39, 0.29) is 23.6 Å². The summed E-state index contributed by atoms with van der Waals surface area (Å²) in [5.74, 6) is 0.600. The molecule has 0 radical (unpaired) electrons. The van der Waals surface area contributed by atoms with Gasteiger partial charge in [0.05, 0.1) is 5.75 Å². The Bertz CT molecular complexity index is 951. The number of amides is 2. The SMILES string of the molecule is C[C@H](C(=O)NC1CCCC1)N(Cc1cccc(Cl)c1)C(=O)CSCc1ccc(Cl)cc1Cl. The summed E-state index contributed by atoms with van der Waals surface area (Å²) in [6, 6.07) is 12.3. The molecule has 1 saturated carbocycles. The lowest BCUT2D eigenvalue weighted by Crippen LogP contribution is -2.50. The summed E-state index contributed by atoms with van der Waals surface area (Å²) in [5.41, 5.74) is 1.80. The van der Waals surface area contributed by atoms with Gasteiger partial charge in [-0.15, -0.1) is 11.8 Å². The van der Waals surface area contributed by atoms with Gasteiger partial charge in [0.25, 0.3) is 0 Å². The molecule has 1 fully saturated rings. The van der Waals surface area contributed by atoms with E-state index < -0.39 is 6.04 Å². The molecule has 1 N–H and O–H groups in total. The lowest BCUT2D eigenvalue weighted by Gasteiger charge is -2.29. The zero-order valence-electron chi connectivity index (χ0n) is 18.0. The highest BCUT2D eigenvalue weighted by atomic mass is 35.5. The molecule has 32 heavy (non-hydrogen) atoms. The predicted molar refractivity (Wildman–Crippen MR) is 134 cm³/mol. The quantitative estimate of drug-likeness (QED) is 0.425. The summed E-state index contributed by atoms with van der Waals surface area (Å²) in [4.78, 5) is 27.7. The molecule has 0 unspecified atom stereocenters. The first-order chi connectivity index (χ1) is 15.3. The highest BCUT2D eigenvalue weighted by Gasteiger charge is 2.28. The van der Waals surface area contributed by atoms with Crippen molar-refractivity contribution >= 4 is 58.4 Å². The Morgan fingerprint density at radius 2 is 1.81 bits per heavy atom. The Labute approximate surface area is 209 Å². The Balaban J connectivity index is 1.66. The number of rotatable bonds is 9. The first kappa shape index (κ1) is 25.2. The largest absolute Gasteiger partial charge is 0.352 e. The molecule has 0 heterocycles. The number of halogens is 3. The van der Waals surface area contributed by atoms with E-state index in [0.717, 1.165) is 36.8 Å². The molecule has 3 rings (SSSR count). The summed E-state index contributed by atoms with van der Waals surface area (Å²) in [5, 5.41) is 4.87. The summed E-state index contributed by atoms with van der Waals surface area (Å²) in [7, 11) is 0. The van der Waals surface area contributed by atoms with Crippen molar-refractivity contribution in [3.63, 3.8) is 0 Å². The fourth-order valence-corrected chi connectivity index (χ4v) is 5.46. The van der Waals surface area contributed by atoms with Gasteiger partial charge >= 0.3 is 0 Å². The number of nitrogens with zero attached hydrogens (tertiary/aromatic N) is 1. The van der Waals surface area contributed by atoms with E-state index >= 15 is 0 Å². The number of thioether (sulfide) groups is 1.